The molecule has 2 amide bonds. The summed E-state index contributed by atoms with van der Waals surface area (Å²) in [5.41, 5.74) is 2.35. The maximum atomic E-state index is 12.8. The molecule has 35 heavy (non-hydrogen) atoms. The van der Waals surface area contributed by atoms with Gasteiger partial charge < -0.3 is 10.6 Å². The van der Waals surface area contributed by atoms with Crippen molar-refractivity contribution in [2.24, 2.45) is 5.92 Å². The number of sulfonamides is 1. The highest BCUT2D eigenvalue weighted by atomic mass is 32.2. The molecule has 0 saturated carbocycles. The average molecular weight is 491 g/mol. The molecule has 8 nitrogen and oxygen atoms in total. The van der Waals surface area contributed by atoms with Gasteiger partial charge in [0.15, 0.2) is 0 Å². The minimum absolute atomic E-state index is 0.187. The van der Waals surface area contributed by atoms with Crippen molar-refractivity contribution in [3.8, 4) is 0 Å². The lowest BCUT2D eigenvalue weighted by atomic mass is 9.97. The van der Waals surface area contributed by atoms with E-state index >= 15 is 0 Å². The second-order valence-electron chi connectivity index (χ2n) is 8.19. The monoisotopic (exact) mass is 490 g/mol. The highest BCUT2D eigenvalue weighted by molar-refractivity contribution is 7.92. The van der Waals surface area contributed by atoms with Crippen molar-refractivity contribution in [3.63, 3.8) is 0 Å². The molecule has 0 unspecified atom stereocenters. The summed E-state index contributed by atoms with van der Waals surface area (Å²) in [6.07, 6.45) is 5.59. The van der Waals surface area contributed by atoms with Gasteiger partial charge >= 0.3 is 0 Å². The summed E-state index contributed by atoms with van der Waals surface area (Å²) >= 11 is 0. The number of nitrogens with one attached hydrogen (secondary N) is 2. The lowest BCUT2D eigenvalue weighted by Gasteiger charge is -2.29. The Morgan fingerprint density at radius 2 is 1.60 bits per heavy atom. The minimum Gasteiger partial charge on any atom is -0.326 e. The summed E-state index contributed by atoms with van der Waals surface area (Å²) < 4.78 is 26.7. The van der Waals surface area contributed by atoms with Crippen LogP contribution in [0.15, 0.2) is 84.5 Å². The molecule has 1 aliphatic heterocycles. The van der Waals surface area contributed by atoms with Crippen LogP contribution in [0.25, 0.3) is 6.08 Å². The van der Waals surface area contributed by atoms with E-state index in [9.17, 15) is 18.0 Å². The zero-order valence-corrected chi connectivity index (χ0v) is 19.8. The Kier molecular flexibility index (Phi) is 7.69. The van der Waals surface area contributed by atoms with Crippen LogP contribution < -0.4 is 10.6 Å². The van der Waals surface area contributed by atoms with E-state index in [1.54, 1.807) is 54.9 Å². The first-order valence-corrected chi connectivity index (χ1v) is 12.8. The van der Waals surface area contributed by atoms with Gasteiger partial charge in [0, 0.05) is 53.7 Å². The molecule has 2 heterocycles. The Bertz CT molecular complexity index is 1300. The Morgan fingerprint density at radius 1 is 0.886 bits per heavy atom. The quantitative estimate of drug-likeness (QED) is 0.521. The molecule has 0 bridgehead atoms. The number of hydrogen-bond donors (Lipinski definition) is 2. The number of amides is 2. The molecule has 2 N–H and O–H groups in total. The van der Waals surface area contributed by atoms with Gasteiger partial charge in [-0.05, 0) is 54.8 Å². The molecule has 9 heteroatoms. The van der Waals surface area contributed by atoms with E-state index in [1.165, 1.54) is 9.71 Å². The van der Waals surface area contributed by atoms with Crippen LogP contribution in [-0.4, -0.2) is 42.6 Å². The summed E-state index contributed by atoms with van der Waals surface area (Å²) in [4.78, 5) is 29.2. The molecule has 4 rings (SSSR count). The summed E-state index contributed by atoms with van der Waals surface area (Å²) in [7, 11) is -3.56. The minimum atomic E-state index is -3.56. The smallest absolute Gasteiger partial charge is 0.255 e. The number of carbonyl (C=O) groups excluding carboxylic acids is 2. The zero-order valence-electron chi connectivity index (χ0n) is 19.0. The standard InChI is InChI=1S/C26H26N4O4S/c31-25(29-24-8-4-7-22(19-24)26(32)28-23-9-14-27-15-10-23)21-11-16-30(17-12-21)35(33,34)18-13-20-5-2-1-3-6-20/h1-10,13-15,18-19,21H,11-12,16-17H2,(H,29,31)(H,27,28,32)/b18-13+. The Labute approximate surface area is 204 Å². The molecule has 0 spiro atoms. The van der Waals surface area contributed by atoms with Crippen molar-refractivity contribution >= 4 is 39.3 Å². The third-order valence-electron chi connectivity index (χ3n) is 5.75. The summed E-state index contributed by atoms with van der Waals surface area (Å²) in [5, 5.41) is 6.86. The summed E-state index contributed by atoms with van der Waals surface area (Å²) in [6.45, 7) is 0.544. The van der Waals surface area contributed by atoms with Gasteiger partial charge in [-0.25, -0.2) is 8.42 Å². The van der Waals surface area contributed by atoms with Crippen LogP contribution in [0, 0.1) is 5.92 Å². The molecule has 1 fully saturated rings. The average Bonchev–Trinajstić information content (AvgIpc) is 2.89. The lowest BCUT2D eigenvalue weighted by molar-refractivity contribution is -0.120. The Morgan fingerprint density at radius 3 is 2.31 bits per heavy atom. The van der Waals surface area contributed by atoms with Crippen LogP contribution in [0.3, 0.4) is 0 Å². The van der Waals surface area contributed by atoms with Gasteiger partial charge in [-0.15, -0.1) is 0 Å². The topological polar surface area (TPSA) is 108 Å². The van der Waals surface area contributed by atoms with Crippen molar-refractivity contribution in [1.82, 2.24) is 9.29 Å². The number of piperidine rings is 1. The number of carbonyl (C=O) groups is 2. The predicted octanol–water partition coefficient (Wildman–Crippen LogP) is 3.99. The fraction of sp³-hybridized carbons (Fsp3) is 0.192. The van der Waals surface area contributed by atoms with Crippen LogP contribution in [0.1, 0.15) is 28.8 Å². The van der Waals surface area contributed by atoms with E-state index < -0.39 is 10.0 Å². The van der Waals surface area contributed by atoms with Crippen molar-refractivity contribution in [2.75, 3.05) is 23.7 Å². The molecule has 0 aliphatic carbocycles. The molecule has 0 atom stereocenters. The van der Waals surface area contributed by atoms with E-state index in [2.05, 4.69) is 15.6 Å². The normalized spacial score (nSPS) is 15.1. The highest BCUT2D eigenvalue weighted by Gasteiger charge is 2.30. The molecule has 3 aromatic rings. The molecule has 1 saturated heterocycles. The predicted molar refractivity (Wildman–Crippen MR) is 136 cm³/mol. The van der Waals surface area contributed by atoms with Crippen molar-refractivity contribution in [1.29, 1.82) is 0 Å². The second kappa shape index (κ2) is 11.1. The van der Waals surface area contributed by atoms with Crippen molar-refractivity contribution < 1.29 is 18.0 Å². The molecule has 1 aliphatic rings. The van der Waals surface area contributed by atoms with Crippen molar-refractivity contribution in [3.05, 3.63) is 95.7 Å². The van der Waals surface area contributed by atoms with Crippen LogP contribution in [-0.2, 0) is 14.8 Å². The summed E-state index contributed by atoms with van der Waals surface area (Å²) in [6, 6.07) is 19.3. The van der Waals surface area contributed by atoms with Crippen LogP contribution >= 0.6 is 0 Å². The SMILES string of the molecule is O=C(Nc1ccncc1)c1cccc(NC(=O)C2CCN(S(=O)(=O)/C=C/c3ccccc3)CC2)c1. The third kappa shape index (κ3) is 6.62. The van der Waals surface area contributed by atoms with E-state index in [-0.39, 0.29) is 30.8 Å². The first kappa shape index (κ1) is 24.3. The number of pyridine rings is 1. The largest absolute Gasteiger partial charge is 0.326 e. The van der Waals surface area contributed by atoms with E-state index in [1.807, 2.05) is 30.3 Å². The number of anilines is 2. The fourth-order valence-electron chi connectivity index (χ4n) is 3.81. The number of nitrogens with zero attached hydrogens (tertiary/aromatic N) is 2. The van der Waals surface area contributed by atoms with Crippen LogP contribution in [0.4, 0.5) is 11.4 Å². The number of rotatable bonds is 7. The van der Waals surface area contributed by atoms with Gasteiger partial charge in [0.25, 0.3) is 5.91 Å². The number of benzene rings is 2. The second-order valence-corrected chi connectivity index (χ2v) is 10.0. The highest BCUT2D eigenvalue weighted by Crippen LogP contribution is 2.23. The van der Waals surface area contributed by atoms with Gasteiger partial charge in [-0.1, -0.05) is 36.4 Å². The van der Waals surface area contributed by atoms with Crippen LogP contribution in [0.5, 0.6) is 0 Å². The maximum Gasteiger partial charge on any atom is 0.255 e. The molecular formula is C26H26N4O4S. The lowest BCUT2D eigenvalue weighted by Crippen LogP contribution is -2.40. The zero-order chi connectivity index (χ0) is 24.7. The van der Waals surface area contributed by atoms with Gasteiger partial charge in [-0.2, -0.15) is 4.31 Å². The molecule has 180 valence electrons. The van der Waals surface area contributed by atoms with Gasteiger partial charge in [0.1, 0.15) is 0 Å². The van der Waals surface area contributed by atoms with Crippen molar-refractivity contribution in [2.45, 2.75) is 12.8 Å². The van der Waals surface area contributed by atoms with Gasteiger partial charge in [-0.3, -0.25) is 14.6 Å². The van der Waals surface area contributed by atoms with Gasteiger partial charge in [0.2, 0.25) is 15.9 Å². The Balaban J connectivity index is 1.31. The molecule has 2 aromatic carbocycles. The molecule has 1 aromatic heterocycles. The van der Waals surface area contributed by atoms with Crippen LogP contribution in [0.2, 0.25) is 0 Å². The third-order valence-corrected chi connectivity index (χ3v) is 7.31. The van der Waals surface area contributed by atoms with E-state index in [0.717, 1.165) is 5.56 Å². The molecule has 0 radical (unpaired) electrons. The summed E-state index contributed by atoms with van der Waals surface area (Å²) in [5.74, 6) is -0.795. The molecular weight excluding hydrogens is 464 g/mol. The Hall–Kier alpha value is -3.82. The number of hydrogen-bond acceptors (Lipinski definition) is 5. The first-order chi connectivity index (χ1) is 16.9. The van der Waals surface area contributed by atoms with E-state index in [0.29, 0.717) is 29.8 Å². The number of aromatic nitrogens is 1. The van der Waals surface area contributed by atoms with E-state index in [4.69, 9.17) is 0 Å². The maximum absolute atomic E-state index is 12.8. The fourth-order valence-corrected chi connectivity index (χ4v) is 5.03. The first-order valence-electron chi connectivity index (χ1n) is 11.3. The van der Waals surface area contributed by atoms with Gasteiger partial charge in [0.05, 0.1) is 0 Å².